The number of benzene rings is 1. The van der Waals surface area contributed by atoms with E-state index in [-0.39, 0.29) is 17.7 Å². The standard InChI is InChI=1S/C15H22N2O3/c1-10(13-6-5-12(20-2)9-14(13)18)16-8-7-15(19)17-11-3-4-11/h5-6,9-11,16,18H,3-4,7-8H2,1-2H3,(H,17,19). The third-order valence-electron chi connectivity index (χ3n) is 3.45. The zero-order valence-electron chi connectivity index (χ0n) is 12.0. The lowest BCUT2D eigenvalue weighted by atomic mass is 10.1. The van der Waals surface area contributed by atoms with Gasteiger partial charge in [0, 0.05) is 36.7 Å². The summed E-state index contributed by atoms with van der Waals surface area (Å²) in [6.45, 7) is 2.55. The lowest BCUT2D eigenvalue weighted by molar-refractivity contribution is -0.121. The number of aromatic hydroxyl groups is 1. The third kappa shape index (κ3) is 4.13. The van der Waals surface area contributed by atoms with Gasteiger partial charge < -0.3 is 20.5 Å². The number of methoxy groups -OCH3 is 1. The lowest BCUT2D eigenvalue weighted by Gasteiger charge is -2.16. The monoisotopic (exact) mass is 278 g/mol. The maximum atomic E-state index is 11.5. The van der Waals surface area contributed by atoms with E-state index in [1.54, 1.807) is 13.2 Å². The predicted molar refractivity (Wildman–Crippen MR) is 76.9 cm³/mol. The van der Waals surface area contributed by atoms with Crippen LogP contribution in [-0.2, 0) is 4.79 Å². The summed E-state index contributed by atoms with van der Waals surface area (Å²) >= 11 is 0. The molecule has 0 radical (unpaired) electrons. The number of carbonyl (C=O) groups is 1. The summed E-state index contributed by atoms with van der Waals surface area (Å²) in [6.07, 6.45) is 2.67. The fraction of sp³-hybridized carbons (Fsp3) is 0.533. The Hall–Kier alpha value is -1.75. The Morgan fingerprint density at radius 1 is 1.50 bits per heavy atom. The SMILES string of the molecule is COc1ccc(C(C)NCCC(=O)NC2CC2)c(O)c1. The molecule has 0 spiro atoms. The first-order valence-electron chi connectivity index (χ1n) is 7.00. The molecule has 1 aliphatic carbocycles. The van der Waals surface area contributed by atoms with Crippen molar-refractivity contribution in [2.24, 2.45) is 0 Å². The minimum Gasteiger partial charge on any atom is -0.507 e. The fourth-order valence-electron chi connectivity index (χ4n) is 2.06. The van der Waals surface area contributed by atoms with Crippen molar-refractivity contribution in [3.8, 4) is 11.5 Å². The molecule has 0 saturated heterocycles. The molecule has 1 amide bonds. The second-order valence-electron chi connectivity index (χ2n) is 5.19. The normalized spacial score (nSPS) is 15.7. The maximum Gasteiger partial charge on any atom is 0.221 e. The van der Waals surface area contributed by atoms with Crippen LogP contribution in [0.4, 0.5) is 0 Å². The number of rotatable bonds is 7. The predicted octanol–water partition coefficient (Wildman–Crippen LogP) is 1.72. The summed E-state index contributed by atoms with van der Waals surface area (Å²) in [5.74, 6) is 0.917. The van der Waals surface area contributed by atoms with E-state index in [4.69, 9.17) is 4.74 Å². The van der Waals surface area contributed by atoms with Crippen molar-refractivity contribution in [2.45, 2.75) is 38.3 Å². The lowest BCUT2D eigenvalue weighted by Crippen LogP contribution is -2.30. The third-order valence-corrected chi connectivity index (χ3v) is 3.45. The molecule has 5 heteroatoms. The Morgan fingerprint density at radius 2 is 2.25 bits per heavy atom. The highest BCUT2D eigenvalue weighted by atomic mass is 16.5. The fourth-order valence-corrected chi connectivity index (χ4v) is 2.06. The number of hydrogen-bond acceptors (Lipinski definition) is 4. The molecule has 0 bridgehead atoms. The molecule has 2 rings (SSSR count). The zero-order chi connectivity index (χ0) is 14.5. The average molecular weight is 278 g/mol. The molecule has 0 aliphatic heterocycles. The van der Waals surface area contributed by atoms with E-state index in [9.17, 15) is 9.90 Å². The molecule has 110 valence electrons. The summed E-state index contributed by atoms with van der Waals surface area (Å²) in [7, 11) is 1.56. The van der Waals surface area contributed by atoms with Gasteiger partial charge in [-0.1, -0.05) is 6.07 Å². The Balaban J connectivity index is 1.78. The number of phenols is 1. The van der Waals surface area contributed by atoms with Crippen LogP contribution in [-0.4, -0.2) is 30.7 Å². The van der Waals surface area contributed by atoms with Crippen molar-refractivity contribution >= 4 is 5.91 Å². The van der Waals surface area contributed by atoms with Crippen LogP contribution in [0.3, 0.4) is 0 Å². The van der Waals surface area contributed by atoms with Gasteiger partial charge in [0.05, 0.1) is 7.11 Å². The van der Waals surface area contributed by atoms with E-state index >= 15 is 0 Å². The topological polar surface area (TPSA) is 70.6 Å². The molecule has 1 aromatic carbocycles. The Bertz CT molecular complexity index is 472. The smallest absolute Gasteiger partial charge is 0.221 e. The van der Waals surface area contributed by atoms with Crippen LogP contribution in [0.1, 0.15) is 37.8 Å². The van der Waals surface area contributed by atoms with Gasteiger partial charge in [-0.05, 0) is 25.8 Å². The number of carbonyl (C=O) groups excluding carboxylic acids is 1. The molecule has 20 heavy (non-hydrogen) atoms. The first-order chi connectivity index (χ1) is 9.60. The Morgan fingerprint density at radius 3 is 2.85 bits per heavy atom. The van der Waals surface area contributed by atoms with Gasteiger partial charge in [-0.15, -0.1) is 0 Å². The van der Waals surface area contributed by atoms with Crippen LogP contribution >= 0.6 is 0 Å². The molecule has 1 saturated carbocycles. The largest absolute Gasteiger partial charge is 0.507 e. The molecule has 0 heterocycles. The average Bonchev–Trinajstić information content (AvgIpc) is 3.22. The highest BCUT2D eigenvalue weighted by Gasteiger charge is 2.22. The quantitative estimate of drug-likeness (QED) is 0.710. The van der Waals surface area contributed by atoms with Crippen molar-refractivity contribution in [3.05, 3.63) is 23.8 Å². The minimum absolute atomic E-state index is 0.0189. The molecular weight excluding hydrogens is 256 g/mol. The molecular formula is C15H22N2O3. The number of amides is 1. The molecule has 1 atom stereocenters. The number of ether oxygens (including phenoxy) is 1. The van der Waals surface area contributed by atoms with Crippen LogP contribution in [0.15, 0.2) is 18.2 Å². The molecule has 5 nitrogen and oxygen atoms in total. The summed E-state index contributed by atoms with van der Waals surface area (Å²) in [6, 6.07) is 5.62. The maximum absolute atomic E-state index is 11.5. The van der Waals surface area contributed by atoms with Gasteiger partial charge >= 0.3 is 0 Å². The Kier molecular flexibility index (Phi) is 4.84. The highest BCUT2D eigenvalue weighted by molar-refractivity contribution is 5.76. The Labute approximate surface area is 119 Å². The van der Waals surface area contributed by atoms with Crippen molar-refractivity contribution in [1.29, 1.82) is 0 Å². The number of hydrogen-bond donors (Lipinski definition) is 3. The first kappa shape index (κ1) is 14.7. The zero-order valence-corrected chi connectivity index (χ0v) is 12.0. The molecule has 1 fully saturated rings. The van der Waals surface area contributed by atoms with Crippen molar-refractivity contribution in [3.63, 3.8) is 0 Å². The van der Waals surface area contributed by atoms with E-state index in [2.05, 4.69) is 10.6 Å². The van der Waals surface area contributed by atoms with Crippen molar-refractivity contribution < 1.29 is 14.6 Å². The number of nitrogens with one attached hydrogen (secondary N) is 2. The summed E-state index contributed by atoms with van der Waals surface area (Å²) in [5, 5.41) is 16.1. The van der Waals surface area contributed by atoms with Crippen LogP contribution in [0.25, 0.3) is 0 Å². The second-order valence-corrected chi connectivity index (χ2v) is 5.19. The van der Waals surface area contributed by atoms with E-state index in [0.717, 1.165) is 18.4 Å². The molecule has 0 aromatic heterocycles. The van der Waals surface area contributed by atoms with E-state index in [1.165, 1.54) is 0 Å². The van der Waals surface area contributed by atoms with E-state index in [1.807, 2.05) is 19.1 Å². The second kappa shape index (κ2) is 6.61. The van der Waals surface area contributed by atoms with Crippen LogP contribution in [0.2, 0.25) is 0 Å². The van der Waals surface area contributed by atoms with Crippen LogP contribution < -0.4 is 15.4 Å². The molecule has 3 N–H and O–H groups in total. The van der Waals surface area contributed by atoms with E-state index < -0.39 is 0 Å². The van der Waals surface area contributed by atoms with Gasteiger partial charge in [0.15, 0.2) is 0 Å². The van der Waals surface area contributed by atoms with Gasteiger partial charge in [0.2, 0.25) is 5.91 Å². The van der Waals surface area contributed by atoms with Gasteiger partial charge in [0.1, 0.15) is 11.5 Å². The molecule has 1 unspecified atom stereocenters. The number of phenolic OH excluding ortho intramolecular Hbond substituents is 1. The first-order valence-corrected chi connectivity index (χ1v) is 7.00. The van der Waals surface area contributed by atoms with Gasteiger partial charge in [0.25, 0.3) is 0 Å². The van der Waals surface area contributed by atoms with Crippen LogP contribution in [0.5, 0.6) is 11.5 Å². The van der Waals surface area contributed by atoms with Crippen molar-refractivity contribution in [1.82, 2.24) is 10.6 Å². The summed E-state index contributed by atoms with van der Waals surface area (Å²) < 4.78 is 5.05. The highest BCUT2D eigenvalue weighted by Crippen LogP contribution is 2.28. The summed E-state index contributed by atoms with van der Waals surface area (Å²) in [5.41, 5.74) is 0.799. The van der Waals surface area contributed by atoms with Gasteiger partial charge in [-0.3, -0.25) is 4.79 Å². The van der Waals surface area contributed by atoms with E-state index in [0.29, 0.717) is 24.8 Å². The van der Waals surface area contributed by atoms with Crippen molar-refractivity contribution in [2.75, 3.05) is 13.7 Å². The van der Waals surface area contributed by atoms with Crippen LogP contribution in [0, 0.1) is 0 Å². The minimum atomic E-state index is -0.0189. The molecule has 1 aliphatic rings. The molecule has 1 aromatic rings. The van der Waals surface area contributed by atoms with Gasteiger partial charge in [-0.2, -0.15) is 0 Å². The summed E-state index contributed by atoms with van der Waals surface area (Å²) in [4.78, 5) is 11.5. The van der Waals surface area contributed by atoms with Gasteiger partial charge in [-0.25, -0.2) is 0 Å².